The Bertz CT molecular complexity index is 1330. The molecule has 13 heteroatoms. The number of β-lactam (4-membered cyclic amide) rings is 1. The molecule has 2 amide bonds. The maximum absolute atomic E-state index is 13.2. The monoisotopic (exact) mass is 558 g/mol. The Balaban J connectivity index is 1.57. The number of hydrogen-bond acceptors (Lipinski definition) is 10. The average Bonchev–Trinajstić information content (AvgIpc) is 3.43. The molecule has 0 radical (unpaired) electrons. The van der Waals surface area contributed by atoms with Crippen LogP contribution in [0.4, 0.5) is 5.69 Å². The molecular formula is C25H26N4O7S2. The number of fused-ring (bicyclic) bond motifs is 1. The number of carbonyl (C=O) groups is 3. The molecule has 1 aromatic carbocycles. The molecule has 0 bridgehead atoms. The Morgan fingerprint density at radius 1 is 1.34 bits per heavy atom. The number of amides is 2. The number of aliphatic hydroxyl groups is 1. The average molecular weight is 559 g/mol. The third-order valence-electron chi connectivity index (χ3n) is 6.44. The molecule has 1 fully saturated rings. The van der Waals surface area contributed by atoms with E-state index in [4.69, 9.17) is 4.74 Å². The van der Waals surface area contributed by atoms with Gasteiger partial charge in [0.25, 0.3) is 11.6 Å². The standard InChI is InChI=1S/C25H26N4O7S2/c1-13-20-18(14(2)30)23(31)28(20)21(25(33)36-11-15-5-7-16(8-6-15)29(34)35)22(13)37-10-9-17-19(26-12-38-17)24(32)27(3)4/h5-10,12-14,18,20,30H,11H2,1-4H3/b10-9-/t13-,14-,18-,20-/m1/s1. The quantitative estimate of drug-likeness (QED) is 0.212. The minimum atomic E-state index is -0.875. The maximum Gasteiger partial charge on any atom is 0.356 e. The second kappa shape index (κ2) is 11.1. The Hall–Kier alpha value is -3.55. The normalized spacial score (nSPS) is 21.3. The highest BCUT2D eigenvalue weighted by molar-refractivity contribution is 8.06. The van der Waals surface area contributed by atoms with E-state index in [-0.39, 0.29) is 41.8 Å². The number of benzene rings is 1. The van der Waals surface area contributed by atoms with Crippen LogP contribution in [0.3, 0.4) is 0 Å². The first-order valence-electron chi connectivity index (χ1n) is 11.7. The number of nitro benzene ring substituents is 1. The summed E-state index contributed by atoms with van der Waals surface area (Å²) in [6.07, 6.45) is 0.863. The van der Waals surface area contributed by atoms with Crippen LogP contribution in [0.1, 0.15) is 34.8 Å². The van der Waals surface area contributed by atoms with Gasteiger partial charge in [-0.1, -0.05) is 18.7 Å². The fourth-order valence-corrected chi connectivity index (χ4v) is 6.27. The van der Waals surface area contributed by atoms with Crippen LogP contribution in [-0.2, 0) is 20.9 Å². The van der Waals surface area contributed by atoms with E-state index >= 15 is 0 Å². The second-order valence-corrected chi connectivity index (χ2v) is 11.0. The van der Waals surface area contributed by atoms with Crippen molar-refractivity contribution in [2.75, 3.05) is 14.1 Å². The van der Waals surface area contributed by atoms with Gasteiger partial charge in [-0.25, -0.2) is 9.78 Å². The third-order valence-corrected chi connectivity index (χ3v) is 8.32. The number of hydrogen-bond donors (Lipinski definition) is 1. The van der Waals surface area contributed by atoms with E-state index in [1.54, 1.807) is 38.0 Å². The van der Waals surface area contributed by atoms with Gasteiger partial charge in [-0.3, -0.25) is 19.7 Å². The molecule has 0 saturated carbocycles. The van der Waals surface area contributed by atoms with Crippen molar-refractivity contribution in [3.05, 3.63) is 72.0 Å². The number of carbonyl (C=O) groups excluding carboxylic acids is 3. The van der Waals surface area contributed by atoms with Crippen LogP contribution in [-0.4, -0.2) is 68.8 Å². The van der Waals surface area contributed by atoms with Crippen molar-refractivity contribution in [1.82, 2.24) is 14.8 Å². The van der Waals surface area contributed by atoms with E-state index in [0.29, 0.717) is 21.0 Å². The lowest BCUT2D eigenvalue weighted by molar-refractivity contribution is -0.384. The largest absolute Gasteiger partial charge is 0.456 e. The van der Waals surface area contributed by atoms with E-state index < -0.39 is 22.9 Å². The summed E-state index contributed by atoms with van der Waals surface area (Å²) < 4.78 is 5.50. The number of thioether (sulfide) groups is 1. The van der Waals surface area contributed by atoms with Crippen molar-refractivity contribution in [3.8, 4) is 0 Å². The van der Waals surface area contributed by atoms with Crippen LogP contribution in [0.2, 0.25) is 0 Å². The number of aromatic nitrogens is 1. The van der Waals surface area contributed by atoms with Crippen LogP contribution in [0.15, 0.2) is 45.8 Å². The lowest BCUT2D eigenvalue weighted by Crippen LogP contribution is -2.63. The van der Waals surface area contributed by atoms with Gasteiger partial charge in [0.15, 0.2) is 0 Å². The van der Waals surface area contributed by atoms with Crippen molar-refractivity contribution < 1.29 is 29.2 Å². The van der Waals surface area contributed by atoms with Gasteiger partial charge < -0.3 is 19.6 Å². The SMILES string of the molecule is C[C@@H](O)[C@H]1C(=O)N2C(C(=O)OCc3ccc([N+](=O)[O-])cc3)=C(S/C=C\c3scnc3C(=O)N(C)C)[C@H](C)[C@H]12. The number of non-ortho nitro benzene ring substituents is 1. The number of rotatable bonds is 9. The van der Waals surface area contributed by atoms with E-state index in [1.165, 1.54) is 57.2 Å². The molecule has 3 heterocycles. The van der Waals surface area contributed by atoms with Gasteiger partial charge >= 0.3 is 5.97 Å². The Kier molecular flexibility index (Phi) is 7.99. The minimum absolute atomic E-state index is 0.0764. The first-order valence-corrected chi connectivity index (χ1v) is 13.4. The van der Waals surface area contributed by atoms with Gasteiger partial charge in [-0.15, -0.1) is 11.3 Å². The molecule has 0 unspecified atom stereocenters. The van der Waals surface area contributed by atoms with Crippen LogP contribution in [0.5, 0.6) is 0 Å². The summed E-state index contributed by atoms with van der Waals surface area (Å²) in [5, 5.41) is 22.8. The lowest BCUT2D eigenvalue weighted by atomic mass is 9.79. The Labute approximate surface area is 226 Å². The molecule has 200 valence electrons. The van der Waals surface area contributed by atoms with Crippen LogP contribution >= 0.6 is 23.1 Å². The van der Waals surface area contributed by atoms with E-state index in [1.807, 2.05) is 6.92 Å². The fraction of sp³-hybridized carbons (Fsp3) is 0.360. The zero-order valence-corrected chi connectivity index (χ0v) is 22.7. The van der Waals surface area contributed by atoms with E-state index in [0.717, 1.165) is 0 Å². The summed E-state index contributed by atoms with van der Waals surface area (Å²) >= 11 is 2.55. The number of ether oxygens (including phenoxy) is 1. The predicted octanol–water partition coefficient (Wildman–Crippen LogP) is 3.27. The van der Waals surface area contributed by atoms with Gasteiger partial charge in [-0.05, 0) is 36.1 Å². The van der Waals surface area contributed by atoms with E-state index in [2.05, 4.69) is 4.98 Å². The predicted molar refractivity (Wildman–Crippen MR) is 142 cm³/mol. The highest BCUT2D eigenvalue weighted by atomic mass is 32.2. The van der Waals surface area contributed by atoms with Crippen molar-refractivity contribution in [3.63, 3.8) is 0 Å². The third kappa shape index (κ3) is 5.08. The van der Waals surface area contributed by atoms with E-state index in [9.17, 15) is 29.6 Å². The zero-order chi connectivity index (χ0) is 27.7. The maximum atomic E-state index is 13.2. The van der Waals surface area contributed by atoms with Crippen LogP contribution in [0.25, 0.3) is 6.08 Å². The number of aliphatic hydroxyl groups excluding tert-OH is 1. The summed E-state index contributed by atoms with van der Waals surface area (Å²) in [5.74, 6) is -2.15. The van der Waals surface area contributed by atoms with Crippen LogP contribution < -0.4 is 0 Å². The zero-order valence-electron chi connectivity index (χ0n) is 21.1. The number of thiazole rings is 1. The van der Waals surface area contributed by atoms with Gasteiger partial charge in [0.1, 0.15) is 18.0 Å². The first kappa shape index (κ1) is 27.5. The molecule has 38 heavy (non-hydrogen) atoms. The molecule has 0 spiro atoms. The summed E-state index contributed by atoms with van der Waals surface area (Å²) in [6, 6.07) is 5.26. The molecule has 2 aromatic rings. The molecule has 11 nitrogen and oxygen atoms in total. The number of esters is 1. The summed E-state index contributed by atoms with van der Waals surface area (Å²) in [7, 11) is 3.28. The molecule has 1 N–H and O–H groups in total. The highest BCUT2D eigenvalue weighted by Gasteiger charge is 2.60. The fourth-order valence-electron chi connectivity index (χ4n) is 4.52. The Morgan fingerprint density at radius 2 is 2.03 bits per heavy atom. The molecule has 0 aliphatic carbocycles. The molecular weight excluding hydrogens is 532 g/mol. The molecule has 2 aliphatic rings. The van der Waals surface area contributed by atoms with Crippen LogP contribution in [0, 0.1) is 22.0 Å². The van der Waals surface area contributed by atoms with Gasteiger partial charge in [-0.2, -0.15) is 0 Å². The molecule has 2 aliphatic heterocycles. The van der Waals surface area contributed by atoms with Gasteiger partial charge in [0.05, 0.1) is 33.4 Å². The Morgan fingerprint density at radius 3 is 2.63 bits per heavy atom. The molecule has 4 atom stereocenters. The van der Waals surface area contributed by atoms with Crippen molar-refractivity contribution in [2.24, 2.45) is 11.8 Å². The topological polar surface area (TPSA) is 143 Å². The molecule has 4 rings (SSSR count). The second-order valence-electron chi connectivity index (χ2n) is 9.15. The number of nitrogens with zero attached hydrogens (tertiary/aromatic N) is 4. The number of nitro groups is 1. The minimum Gasteiger partial charge on any atom is -0.456 e. The van der Waals surface area contributed by atoms with Gasteiger partial charge in [0.2, 0.25) is 5.91 Å². The molecule has 1 aromatic heterocycles. The highest BCUT2D eigenvalue weighted by Crippen LogP contribution is 2.51. The molecule has 1 saturated heterocycles. The van der Waals surface area contributed by atoms with Crippen molar-refractivity contribution in [2.45, 2.75) is 32.6 Å². The first-order chi connectivity index (χ1) is 18.0. The van der Waals surface area contributed by atoms with Crippen molar-refractivity contribution >= 4 is 52.6 Å². The summed E-state index contributed by atoms with van der Waals surface area (Å²) in [4.78, 5) is 57.1. The smallest absolute Gasteiger partial charge is 0.356 e. The van der Waals surface area contributed by atoms with Crippen molar-refractivity contribution in [1.29, 1.82) is 0 Å². The van der Waals surface area contributed by atoms with Gasteiger partial charge in [0, 0.05) is 37.1 Å². The lowest BCUT2D eigenvalue weighted by Gasteiger charge is -2.46. The summed E-state index contributed by atoms with van der Waals surface area (Å²) in [5.41, 5.74) is 2.50. The summed E-state index contributed by atoms with van der Waals surface area (Å²) in [6.45, 7) is 3.31.